The van der Waals surface area contributed by atoms with Crippen molar-refractivity contribution in [3.8, 4) is 11.3 Å². The van der Waals surface area contributed by atoms with Crippen molar-refractivity contribution in [1.29, 1.82) is 0 Å². The van der Waals surface area contributed by atoms with Crippen molar-refractivity contribution in [1.82, 2.24) is 24.6 Å². The van der Waals surface area contributed by atoms with Crippen LogP contribution in [-0.2, 0) is 17.8 Å². The zero-order valence-corrected chi connectivity index (χ0v) is 20.4. The molecule has 2 aliphatic heterocycles. The van der Waals surface area contributed by atoms with E-state index in [4.69, 9.17) is 4.74 Å². The molecule has 0 aliphatic carbocycles. The van der Waals surface area contributed by atoms with Gasteiger partial charge in [0, 0.05) is 44.1 Å². The van der Waals surface area contributed by atoms with Gasteiger partial charge in [0.2, 0.25) is 0 Å². The molecule has 8 nitrogen and oxygen atoms in total. The average Bonchev–Trinajstić information content (AvgIpc) is 3.62. The fourth-order valence-corrected chi connectivity index (χ4v) is 4.46. The molecule has 0 atom stereocenters. The highest BCUT2D eigenvalue weighted by atomic mass is 19.1. The summed E-state index contributed by atoms with van der Waals surface area (Å²) in [6.45, 7) is 3.14. The molecule has 3 aromatic heterocycles. The zero-order valence-electron chi connectivity index (χ0n) is 20.4. The monoisotopic (exact) mass is 488 g/mol. The first-order valence-corrected chi connectivity index (χ1v) is 12.0. The van der Waals surface area contributed by atoms with Gasteiger partial charge in [0.05, 0.1) is 28.8 Å². The Morgan fingerprint density at radius 2 is 2.00 bits per heavy atom. The Labute approximate surface area is 209 Å². The molecule has 2 N–H and O–H groups in total. The Bertz CT molecular complexity index is 1390. The average molecular weight is 489 g/mol. The number of hydrogen-bond donors (Lipinski definition) is 2. The SMILES string of the molecule is C1CCOC1.CN(C)Cc1cccc(Nc2ccc(-c3cnc4cc(F)ccn34)c3c2C(=O)NC3)n1. The van der Waals surface area contributed by atoms with Gasteiger partial charge in [0.1, 0.15) is 17.3 Å². The summed E-state index contributed by atoms with van der Waals surface area (Å²) in [6.07, 6.45) is 5.91. The lowest BCUT2D eigenvalue weighted by atomic mass is 9.99. The highest BCUT2D eigenvalue weighted by Gasteiger charge is 2.27. The summed E-state index contributed by atoms with van der Waals surface area (Å²) in [6, 6.07) is 12.4. The smallest absolute Gasteiger partial charge is 0.254 e. The molecular formula is C27H29FN6O2. The van der Waals surface area contributed by atoms with Crippen LogP contribution >= 0.6 is 0 Å². The van der Waals surface area contributed by atoms with E-state index in [1.54, 1.807) is 12.4 Å². The molecule has 5 heterocycles. The topological polar surface area (TPSA) is 83.8 Å². The van der Waals surface area contributed by atoms with Crippen molar-refractivity contribution < 1.29 is 13.9 Å². The molecule has 0 unspecified atom stereocenters. The molecule has 4 aromatic rings. The third-order valence-electron chi connectivity index (χ3n) is 6.09. The molecule has 186 valence electrons. The number of carbonyl (C=O) groups is 1. The van der Waals surface area contributed by atoms with Crippen molar-refractivity contribution in [2.45, 2.75) is 25.9 Å². The number of pyridine rings is 2. The summed E-state index contributed by atoms with van der Waals surface area (Å²) >= 11 is 0. The molecule has 1 aromatic carbocycles. The molecular weight excluding hydrogens is 459 g/mol. The predicted octanol–water partition coefficient (Wildman–Crippen LogP) is 4.38. The first-order chi connectivity index (χ1) is 17.5. The molecule has 0 saturated carbocycles. The molecule has 1 amide bonds. The Morgan fingerprint density at radius 1 is 1.17 bits per heavy atom. The zero-order chi connectivity index (χ0) is 25.1. The van der Waals surface area contributed by atoms with Gasteiger partial charge in [0.15, 0.2) is 0 Å². The maximum atomic E-state index is 13.6. The van der Waals surface area contributed by atoms with Crippen molar-refractivity contribution in [3.05, 3.63) is 77.5 Å². The first-order valence-electron chi connectivity index (χ1n) is 12.0. The standard InChI is InChI=1S/C23H21FN6O.C4H8O/c1-29(2)13-15-4-3-5-20(27-15)28-18-7-6-16(17-11-26-23(31)22(17)18)19-12-25-21-10-14(24)8-9-30(19)21;1-2-4-5-3-1/h3-10,12H,11,13H2,1-2H3,(H,26,31)(H,27,28);1-4H2. The third-order valence-corrected chi connectivity index (χ3v) is 6.09. The van der Waals surface area contributed by atoms with Gasteiger partial charge < -0.3 is 20.3 Å². The molecule has 0 radical (unpaired) electrons. The summed E-state index contributed by atoms with van der Waals surface area (Å²) in [5.41, 5.74) is 5.31. The van der Waals surface area contributed by atoms with Gasteiger partial charge in [0.25, 0.3) is 5.91 Å². The lowest BCUT2D eigenvalue weighted by Crippen LogP contribution is -2.14. The number of benzene rings is 1. The summed E-state index contributed by atoms with van der Waals surface area (Å²) < 4.78 is 20.3. The number of nitrogens with one attached hydrogen (secondary N) is 2. The fraction of sp³-hybridized carbons (Fsp3) is 0.296. The molecule has 2 aliphatic rings. The number of rotatable bonds is 5. The largest absolute Gasteiger partial charge is 0.381 e. The van der Waals surface area contributed by atoms with Crippen molar-refractivity contribution in [2.75, 3.05) is 32.6 Å². The van der Waals surface area contributed by atoms with Crippen LogP contribution in [0.25, 0.3) is 16.9 Å². The third kappa shape index (κ3) is 5.07. The molecule has 9 heteroatoms. The maximum Gasteiger partial charge on any atom is 0.254 e. The van der Waals surface area contributed by atoms with E-state index in [1.807, 2.05) is 53.7 Å². The van der Waals surface area contributed by atoms with Gasteiger partial charge in [-0.05, 0) is 56.8 Å². The normalized spacial score (nSPS) is 14.5. The second kappa shape index (κ2) is 10.4. The van der Waals surface area contributed by atoms with E-state index >= 15 is 0 Å². The molecule has 0 spiro atoms. The number of amides is 1. The highest BCUT2D eigenvalue weighted by molar-refractivity contribution is 6.06. The van der Waals surface area contributed by atoms with Gasteiger partial charge in [-0.3, -0.25) is 9.20 Å². The number of imidazole rings is 1. The molecule has 1 saturated heterocycles. The summed E-state index contributed by atoms with van der Waals surface area (Å²) in [4.78, 5) is 23.7. The fourth-order valence-electron chi connectivity index (χ4n) is 4.46. The van der Waals surface area contributed by atoms with Gasteiger partial charge in [-0.15, -0.1) is 0 Å². The number of carbonyl (C=O) groups excluding carboxylic acids is 1. The van der Waals surface area contributed by atoms with E-state index < -0.39 is 0 Å². The van der Waals surface area contributed by atoms with Gasteiger partial charge in [-0.2, -0.15) is 0 Å². The second-order valence-corrected chi connectivity index (χ2v) is 9.11. The van der Waals surface area contributed by atoms with E-state index in [2.05, 4.69) is 20.6 Å². The number of nitrogens with zero attached hydrogens (tertiary/aromatic N) is 4. The summed E-state index contributed by atoms with van der Waals surface area (Å²) in [7, 11) is 3.98. The lowest BCUT2D eigenvalue weighted by molar-refractivity contribution is 0.0966. The van der Waals surface area contributed by atoms with Crippen LogP contribution in [0.3, 0.4) is 0 Å². The van der Waals surface area contributed by atoms with Gasteiger partial charge in [-0.1, -0.05) is 12.1 Å². The van der Waals surface area contributed by atoms with Crippen LogP contribution in [0.5, 0.6) is 0 Å². The van der Waals surface area contributed by atoms with Crippen LogP contribution in [0.15, 0.2) is 54.9 Å². The van der Waals surface area contributed by atoms with Crippen LogP contribution in [0, 0.1) is 5.82 Å². The van der Waals surface area contributed by atoms with E-state index in [0.717, 1.165) is 42.3 Å². The molecule has 0 bridgehead atoms. The predicted molar refractivity (Wildman–Crippen MR) is 137 cm³/mol. The number of aromatic nitrogens is 3. The van der Waals surface area contributed by atoms with Crippen LogP contribution in [0.2, 0.25) is 0 Å². The minimum Gasteiger partial charge on any atom is -0.381 e. The lowest BCUT2D eigenvalue weighted by Gasteiger charge is -2.14. The van der Waals surface area contributed by atoms with Crippen molar-refractivity contribution in [2.24, 2.45) is 0 Å². The van der Waals surface area contributed by atoms with Crippen molar-refractivity contribution in [3.63, 3.8) is 0 Å². The number of halogens is 1. The number of fused-ring (bicyclic) bond motifs is 2. The number of ether oxygens (including phenoxy) is 1. The van der Waals surface area contributed by atoms with Crippen LogP contribution in [0.4, 0.5) is 15.9 Å². The minimum atomic E-state index is -0.338. The quantitative estimate of drug-likeness (QED) is 0.434. The van der Waals surface area contributed by atoms with E-state index in [9.17, 15) is 9.18 Å². The maximum absolute atomic E-state index is 13.6. The second-order valence-electron chi connectivity index (χ2n) is 9.11. The van der Waals surface area contributed by atoms with Crippen LogP contribution in [-0.4, -0.2) is 52.5 Å². The summed E-state index contributed by atoms with van der Waals surface area (Å²) in [5.74, 6) is 0.207. The molecule has 6 rings (SSSR count). The van der Waals surface area contributed by atoms with Gasteiger partial charge in [-0.25, -0.2) is 14.4 Å². The van der Waals surface area contributed by atoms with E-state index in [-0.39, 0.29) is 11.7 Å². The van der Waals surface area contributed by atoms with Crippen LogP contribution in [0.1, 0.15) is 34.5 Å². The summed E-state index contributed by atoms with van der Waals surface area (Å²) in [5, 5.41) is 6.22. The van der Waals surface area contributed by atoms with E-state index in [0.29, 0.717) is 29.3 Å². The Hall–Kier alpha value is -3.82. The minimum absolute atomic E-state index is 0.135. The number of anilines is 2. The van der Waals surface area contributed by atoms with Gasteiger partial charge >= 0.3 is 0 Å². The number of hydrogen-bond acceptors (Lipinski definition) is 6. The van der Waals surface area contributed by atoms with Crippen LogP contribution < -0.4 is 10.6 Å². The molecule has 1 fully saturated rings. The van der Waals surface area contributed by atoms with Crippen molar-refractivity contribution >= 4 is 23.1 Å². The molecule has 36 heavy (non-hydrogen) atoms. The van der Waals surface area contributed by atoms with E-state index in [1.165, 1.54) is 25.0 Å². The Kier molecular flexibility index (Phi) is 6.92. The Balaban J connectivity index is 0.000000477. The highest BCUT2D eigenvalue weighted by Crippen LogP contribution is 2.35. The first kappa shape index (κ1) is 23.9. The Morgan fingerprint density at radius 3 is 2.75 bits per heavy atom.